The topological polar surface area (TPSA) is 89.5 Å². The van der Waals surface area contributed by atoms with Gasteiger partial charge in [0.2, 0.25) is 0 Å². The summed E-state index contributed by atoms with van der Waals surface area (Å²) in [5, 5.41) is 0.485. The van der Waals surface area contributed by atoms with Crippen molar-refractivity contribution in [2.45, 2.75) is 103 Å². The Morgan fingerprint density at radius 3 is 2.13 bits per heavy atom. The first-order valence-corrected chi connectivity index (χ1v) is 21.3. The summed E-state index contributed by atoms with van der Waals surface area (Å²) in [4.78, 5) is 28.9. The zero-order valence-electron chi connectivity index (χ0n) is 35.2. The van der Waals surface area contributed by atoms with Crippen LogP contribution in [-0.4, -0.2) is 72.2 Å². The van der Waals surface area contributed by atoms with E-state index < -0.39 is 34.8 Å². The summed E-state index contributed by atoms with van der Waals surface area (Å²) in [5.41, 5.74) is 0.506. The van der Waals surface area contributed by atoms with Gasteiger partial charge < -0.3 is 33.6 Å². The van der Waals surface area contributed by atoms with E-state index in [2.05, 4.69) is 4.90 Å². The summed E-state index contributed by atoms with van der Waals surface area (Å²) in [6, 6.07) is 15.8. The molecule has 0 N–H and O–H groups in total. The van der Waals surface area contributed by atoms with E-state index in [1.165, 1.54) is 24.8 Å². The van der Waals surface area contributed by atoms with Gasteiger partial charge in [-0.1, -0.05) is 43.0 Å². The van der Waals surface area contributed by atoms with Gasteiger partial charge in [0.15, 0.2) is 11.0 Å². The van der Waals surface area contributed by atoms with Crippen LogP contribution in [0.2, 0.25) is 0 Å². The number of rotatable bonds is 11. The van der Waals surface area contributed by atoms with Gasteiger partial charge in [0.25, 0.3) is 0 Å². The predicted octanol–water partition coefficient (Wildman–Crippen LogP) is 9.93. The zero-order chi connectivity index (χ0) is 42.9. The number of alkyl halides is 3. The molecule has 3 unspecified atom stereocenters. The van der Waals surface area contributed by atoms with Gasteiger partial charge >= 0.3 is 12.3 Å². The molecule has 4 aromatic rings. The van der Waals surface area contributed by atoms with E-state index in [0.29, 0.717) is 59.1 Å². The average Bonchev–Trinajstić information content (AvgIpc) is 3.53. The first-order valence-electron chi connectivity index (χ1n) is 20.3. The molecule has 5 heterocycles. The third-order valence-corrected chi connectivity index (χ3v) is 12.0. The van der Waals surface area contributed by atoms with E-state index in [9.17, 15) is 4.79 Å². The van der Waals surface area contributed by atoms with Crippen molar-refractivity contribution in [2.24, 2.45) is 5.92 Å². The van der Waals surface area contributed by atoms with Crippen molar-refractivity contribution >= 4 is 29.4 Å². The van der Waals surface area contributed by atoms with Crippen LogP contribution in [0.5, 0.6) is 11.5 Å². The Balaban J connectivity index is 1.27. The lowest BCUT2D eigenvalue weighted by atomic mass is 9.90. The number of thioether (sulfide) groups is 1. The minimum Gasteiger partial charge on any atom is -0.497 e. The summed E-state index contributed by atoms with van der Waals surface area (Å²) in [6.07, 6.45) is -4.85. The highest BCUT2D eigenvalue weighted by atomic mass is 32.2. The molecule has 0 radical (unpaired) electrons. The summed E-state index contributed by atoms with van der Waals surface area (Å²) >= 11 is 1.43. The number of hydrogen-bond acceptors (Lipinski definition) is 10. The Hall–Kier alpha value is -4.76. The van der Waals surface area contributed by atoms with Gasteiger partial charge in [-0.05, 0) is 99.2 Å². The number of halogens is 4. The highest BCUT2D eigenvalue weighted by Gasteiger charge is 2.44. The highest BCUT2D eigenvalue weighted by Crippen LogP contribution is 2.46. The summed E-state index contributed by atoms with van der Waals surface area (Å²) in [7, 11) is 3.13. The number of piperidine rings is 1. The van der Waals surface area contributed by atoms with E-state index in [-0.39, 0.29) is 55.4 Å². The lowest BCUT2D eigenvalue weighted by Gasteiger charge is -2.37. The van der Waals surface area contributed by atoms with Crippen molar-refractivity contribution in [3.05, 3.63) is 99.5 Å². The summed E-state index contributed by atoms with van der Waals surface area (Å²) < 4.78 is 85.7. The minimum atomic E-state index is -4.87. The second kappa shape index (κ2) is 17.7. The first-order chi connectivity index (χ1) is 28.5. The summed E-state index contributed by atoms with van der Waals surface area (Å²) in [6.45, 7) is 10.9. The molecule has 2 bridgehead atoms. The normalized spacial score (nSPS) is 19.1. The van der Waals surface area contributed by atoms with Crippen LogP contribution < -0.4 is 19.3 Å². The van der Waals surface area contributed by atoms with E-state index in [1.54, 1.807) is 43.4 Å². The van der Waals surface area contributed by atoms with Crippen molar-refractivity contribution in [3.63, 3.8) is 0 Å². The maximum Gasteiger partial charge on any atom is 0.417 e. The van der Waals surface area contributed by atoms with Gasteiger partial charge in [-0.2, -0.15) is 13.2 Å². The molecule has 322 valence electrons. The van der Waals surface area contributed by atoms with Crippen LogP contribution in [0.3, 0.4) is 0 Å². The number of anilines is 2. The van der Waals surface area contributed by atoms with Gasteiger partial charge in [-0.3, -0.25) is 0 Å². The molecule has 0 aliphatic carbocycles. The van der Waals surface area contributed by atoms with Crippen molar-refractivity contribution in [3.8, 4) is 11.5 Å². The molecule has 4 aliphatic rings. The van der Waals surface area contributed by atoms with Crippen LogP contribution in [0.4, 0.5) is 33.9 Å². The van der Waals surface area contributed by atoms with Gasteiger partial charge in [0, 0.05) is 50.3 Å². The largest absolute Gasteiger partial charge is 0.497 e. The smallest absolute Gasteiger partial charge is 0.417 e. The number of aromatic nitrogens is 2. The fraction of sp³-hybridized carbons (Fsp3) is 0.489. The number of amides is 1. The molecule has 3 saturated heterocycles. The number of carbonyl (C=O) groups excluding carboxylic acids is 1. The Labute approximate surface area is 353 Å². The fourth-order valence-corrected chi connectivity index (χ4v) is 9.09. The second-order valence-electron chi connectivity index (χ2n) is 16.7. The van der Waals surface area contributed by atoms with Crippen LogP contribution in [-0.2, 0) is 41.8 Å². The van der Waals surface area contributed by atoms with Gasteiger partial charge in [0.05, 0.1) is 49.9 Å². The number of benzene rings is 3. The first kappa shape index (κ1) is 43.3. The number of methoxy groups -OCH3 is 2. The van der Waals surface area contributed by atoms with E-state index in [0.717, 1.165) is 24.0 Å². The third kappa shape index (κ3) is 9.57. The van der Waals surface area contributed by atoms with E-state index in [4.69, 9.17) is 28.9 Å². The molecular weight excluding hydrogens is 799 g/mol. The Morgan fingerprint density at radius 1 is 0.933 bits per heavy atom. The van der Waals surface area contributed by atoms with E-state index >= 15 is 17.6 Å². The van der Waals surface area contributed by atoms with Crippen molar-refractivity contribution in [1.82, 2.24) is 14.9 Å². The lowest BCUT2D eigenvalue weighted by molar-refractivity contribution is -0.140. The number of carbonyl (C=O) groups is 1. The van der Waals surface area contributed by atoms with Gasteiger partial charge in [-0.15, -0.1) is 0 Å². The van der Waals surface area contributed by atoms with Gasteiger partial charge in [-0.25, -0.2) is 19.2 Å². The Kier molecular flexibility index (Phi) is 12.8. The zero-order valence-corrected chi connectivity index (χ0v) is 36.0. The van der Waals surface area contributed by atoms with Gasteiger partial charge in [0.1, 0.15) is 22.9 Å². The second-order valence-corrected chi connectivity index (χ2v) is 17.9. The van der Waals surface area contributed by atoms with Crippen LogP contribution in [0, 0.1) is 18.7 Å². The molecule has 1 aromatic heterocycles. The summed E-state index contributed by atoms with van der Waals surface area (Å²) in [5.74, 6) is 1.77. The van der Waals surface area contributed by atoms with Crippen LogP contribution in [0.1, 0.15) is 85.7 Å². The molecule has 0 spiro atoms. The molecule has 0 saturated carbocycles. The molecule has 15 heteroatoms. The maximum atomic E-state index is 17.5. The molecule has 3 aromatic carbocycles. The number of hydrogen-bond donors (Lipinski definition) is 0. The number of nitrogens with zero attached hydrogens (tertiary/aromatic N) is 5. The lowest BCUT2D eigenvalue weighted by Crippen LogP contribution is -2.49. The van der Waals surface area contributed by atoms with Crippen molar-refractivity contribution in [2.75, 3.05) is 49.4 Å². The van der Waals surface area contributed by atoms with Crippen LogP contribution >= 0.6 is 11.8 Å². The molecule has 8 rings (SSSR count). The standard InChI is InChI=1S/C45H53F4N5O5S/c1-8-60-42-50-35-20-37(58-26-34(35)41(51-42)53-23-30-9-14-31(25-53)54(24-30)43(55)59-44(3,4)5)38-39(45(47,48)49)27(2)19-36(40(38)46)52(21-28-10-15-32(56-6)16-11-28)22-29-12-17-33(57-7)18-13-29/h10-13,15-19,30-31,37H,8-9,14,20-26H2,1-7H3. The minimum absolute atomic E-state index is 0.0247. The average molecular weight is 852 g/mol. The van der Waals surface area contributed by atoms with Crippen molar-refractivity contribution in [1.29, 1.82) is 0 Å². The molecule has 60 heavy (non-hydrogen) atoms. The van der Waals surface area contributed by atoms with Crippen LogP contribution in [0.25, 0.3) is 0 Å². The highest BCUT2D eigenvalue weighted by molar-refractivity contribution is 7.99. The monoisotopic (exact) mass is 851 g/mol. The molecule has 10 nitrogen and oxygen atoms in total. The molecule has 3 atom stereocenters. The number of fused-ring (bicyclic) bond motifs is 5. The third-order valence-electron chi connectivity index (χ3n) is 11.3. The Bertz CT molecular complexity index is 2120. The number of aryl methyl sites for hydroxylation is 1. The SMILES string of the molecule is CCSc1nc2c(c(N3CC4CCC(C3)N(C(=O)OC(C)(C)C)C4)n1)COC(c1c(F)c(N(Cc3ccc(OC)cc3)Cc3ccc(OC)cc3)cc(C)c1C(F)(F)F)C2. The number of ether oxygens (including phenoxy) is 4. The quantitative estimate of drug-likeness (QED) is 0.0826. The van der Waals surface area contributed by atoms with E-state index in [1.807, 2.05) is 56.9 Å². The fourth-order valence-electron chi connectivity index (χ4n) is 8.51. The maximum absolute atomic E-state index is 17.5. The van der Waals surface area contributed by atoms with Crippen LogP contribution in [0.15, 0.2) is 59.8 Å². The van der Waals surface area contributed by atoms with Crippen molar-refractivity contribution < 1.29 is 41.3 Å². The molecule has 3 fully saturated rings. The predicted molar refractivity (Wildman–Crippen MR) is 223 cm³/mol. The molecular formula is C45H53F4N5O5S. The molecule has 4 aliphatic heterocycles. The molecule has 1 amide bonds. The Morgan fingerprint density at radius 2 is 1.57 bits per heavy atom.